The van der Waals surface area contributed by atoms with Gasteiger partial charge < -0.3 is 14.8 Å². The number of hydrogen-bond acceptors (Lipinski definition) is 6. The maximum absolute atomic E-state index is 12.2. The standard InChI is InChI=1S/C22H20N4O3S/c1-28-20-12-17(9-10-19(20)29-21(27)18-8-5-11-23-15-18)14-25-26-22(30)24-13-16-6-3-2-4-7-16/h2-12,14-15H,13H2,1H3,(H2,24,26,30)/b25-14+. The summed E-state index contributed by atoms with van der Waals surface area (Å²) in [6, 6.07) is 18.3. The molecule has 0 saturated heterocycles. The zero-order valence-corrected chi connectivity index (χ0v) is 17.1. The van der Waals surface area contributed by atoms with Crippen molar-refractivity contribution in [1.82, 2.24) is 15.7 Å². The molecular weight excluding hydrogens is 400 g/mol. The molecule has 0 fully saturated rings. The van der Waals surface area contributed by atoms with Crippen LogP contribution in [-0.4, -0.2) is 29.4 Å². The van der Waals surface area contributed by atoms with E-state index in [2.05, 4.69) is 20.8 Å². The fourth-order valence-electron chi connectivity index (χ4n) is 2.47. The first-order valence-corrected chi connectivity index (χ1v) is 9.47. The maximum atomic E-state index is 12.2. The summed E-state index contributed by atoms with van der Waals surface area (Å²) in [5, 5.41) is 7.60. The van der Waals surface area contributed by atoms with Gasteiger partial charge in [0.05, 0.1) is 18.9 Å². The molecular formula is C22H20N4O3S. The molecule has 1 aromatic heterocycles. The summed E-state index contributed by atoms with van der Waals surface area (Å²) in [5.41, 5.74) is 4.98. The highest BCUT2D eigenvalue weighted by Gasteiger charge is 2.12. The van der Waals surface area contributed by atoms with Crippen molar-refractivity contribution in [2.24, 2.45) is 5.10 Å². The number of hydrogen-bond donors (Lipinski definition) is 2. The third kappa shape index (κ3) is 6.11. The molecule has 0 bridgehead atoms. The lowest BCUT2D eigenvalue weighted by Crippen LogP contribution is -2.31. The molecule has 0 saturated carbocycles. The van der Waals surface area contributed by atoms with Gasteiger partial charge in [0, 0.05) is 18.9 Å². The van der Waals surface area contributed by atoms with Crippen molar-refractivity contribution in [2.75, 3.05) is 7.11 Å². The van der Waals surface area contributed by atoms with Gasteiger partial charge in [-0.25, -0.2) is 4.79 Å². The van der Waals surface area contributed by atoms with E-state index < -0.39 is 5.97 Å². The van der Waals surface area contributed by atoms with Crippen molar-refractivity contribution in [3.63, 3.8) is 0 Å². The van der Waals surface area contributed by atoms with Gasteiger partial charge in [0.25, 0.3) is 0 Å². The summed E-state index contributed by atoms with van der Waals surface area (Å²) in [5.74, 6) is 0.191. The minimum atomic E-state index is -0.515. The number of thiocarbonyl (C=S) groups is 1. The van der Waals surface area contributed by atoms with Gasteiger partial charge in [0.15, 0.2) is 16.6 Å². The zero-order chi connectivity index (χ0) is 21.2. The number of pyridine rings is 1. The SMILES string of the molecule is COc1cc(/C=N/NC(=S)NCc2ccccc2)ccc1OC(=O)c1cccnc1. The van der Waals surface area contributed by atoms with Gasteiger partial charge in [-0.2, -0.15) is 5.10 Å². The number of rotatable bonds is 7. The highest BCUT2D eigenvalue weighted by Crippen LogP contribution is 2.28. The van der Waals surface area contributed by atoms with Gasteiger partial charge in [0.1, 0.15) is 0 Å². The third-order valence-corrected chi connectivity index (χ3v) is 4.20. The minimum absolute atomic E-state index is 0.302. The Morgan fingerprint density at radius 1 is 1.13 bits per heavy atom. The van der Waals surface area contributed by atoms with Crippen molar-refractivity contribution < 1.29 is 14.3 Å². The van der Waals surface area contributed by atoms with Gasteiger partial charge in [0.2, 0.25) is 0 Å². The number of aromatic nitrogens is 1. The predicted molar refractivity (Wildman–Crippen MR) is 119 cm³/mol. The molecule has 0 aliphatic rings. The fourth-order valence-corrected chi connectivity index (χ4v) is 2.60. The van der Waals surface area contributed by atoms with E-state index in [1.807, 2.05) is 30.3 Å². The first-order valence-electron chi connectivity index (χ1n) is 9.07. The van der Waals surface area contributed by atoms with Crippen LogP contribution in [0.4, 0.5) is 0 Å². The average molecular weight is 420 g/mol. The average Bonchev–Trinajstić information content (AvgIpc) is 2.79. The molecule has 0 aliphatic carbocycles. The lowest BCUT2D eigenvalue weighted by atomic mass is 10.2. The van der Waals surface area contributed by atoms with Crippen molar-refractivity contribution >= 4 is 29.5 Å². The molecule has 0 spiro atoms. The Morgan fingerprint density at radius 3 is 2.70 bits per heavy atom. The van der Waals surface area contributed by atoms with E-state index in [-0.39, 0.29) is 0 Å². The van der Waals surface area contributed by atoms with E-state index in [0.717, 1.165) is 11.1 Å². The zero-order valence-electron chi connectivity index (χ0n) is 16.2. The molecule has 0 radical (unpaired) electrons. The van der Waals surface area contributed by atoms with Crippen LogP contribution in [0.3, 0.4) is 0 Å². The van der Waals surface area contributed by atoms with E-state index in [4.69, 9.17) is 21.7 Å². The van der Waals surface area contributed by atoms with Gasteiger partial charge in [-0.05, 0) is 53.7 Å². The van der Waals surface area contributed by atoms with Crippen LogP contribution in [0.5, 0.6) is 11.5 Å². The fraction of sp³-hybridized carbons (Fsp3) is 0.0909. The molecule has 0 atom stereocenters. The van der Waals surface area contributed by atoms with Gasteiger partial charge >= 0.3 is 5.97 Å². The normalized spacial score (nSPS) is 10.4. The van der Waals surface area contributed by atoms with Crippen molar-refractivity contribution in [1.29, 1.82) is 0 Å². The van der Waals surface area contributed by atoms with E-state index in [1.165, 1.54) is 13.3 Å². The van der Waals surface area contributed by atoms with E-state index >= 15 is 0 Å². The second-order valence-electron chi connectivity index (χ2n) is 6.08. The molecule has 7 nitrogen and oxygen atoms in total. The molecule has 0 unspecified atom stereocenters. The highest BCUT2D eigenvalue weighted by molar-refractivity contribution is 7.80. The van der Waals surface area contributed by atoms with Crippen LogP contribution in [0.2, 0.25) is 0 Å². The Kier molecular flexibility index (Phi) is 7.45. The van der Waals surface area contributed by atoms with Crippen molar-refractivity contribution in [2.45, 2.75) is 6.54 Å². The number of nitrogens with zero attached hydrogens (tertiary/aromatic N) is 2. The molecule has 0 amide bonds. The maximum Gasteiger partial charge on any atom is 0.345 e. The molecule has 3 aromatic rings. The van der Waals surface area contributed by atoms with E-state index in [9.17, 15) is 4.79 Å². The lowest BCUT2D eigenvalue weighted by Gasteiger charge is -2.10. The second kappa shape index (κ2) is 10.7. The summed E-state index contributed by atoms with van der Waals surface area (Å²) >= 11 is 5.21. The quantitative estimate of drug-likeness (QED) is 0.199. The van der Waals surface area contributed by atoms with Gasteiger partial charge in [-0.3, -0.25) is 10.4 Å². The Labute approximate surface area is 179 Å². The smallest absolute Gasteiger partial charge is 0.345 e. The summed E-state index contributed by atoms with van der Waals surface area (Å²) in [6.45, 7) is 0.604. The lowest BCUT2D eigenvalue weighted by molar-refractivity contribution is 0.0729. The topological polar surface area (TPSA) is 84.8 Å². The monoisotopic (exact) mass is 420 g/mol. The number of esters is 1. The molecule has 8 heteroatoms. The molecule has 152 valence electrons. The molecule has 0 aliphatic heterocycles. The van der Waals surface area contributed by atoms with Gasteiger partial charge in [-0.15, -0.1) is 0 Å². The molecule has 3 rings (SSSR count). The Balaban J connectivity index is 1.56. The van der Waals surface area contributed by atoms with Crippen LogP contribution in [0.1, 0.15) is 21.5 Å². The number of ether oxygens (including phenoxy) is 2. The molecule has 30 heavy (non-hydrogen) atoms. The highest BCUT2D eigenvalue weighted by atomic mass is 32.1. The van der Waals surface area contributed by atoms with Crippen molar-refractivity contribution in [3.05, 3.63) is 89.7 Å². The number of carbonyl (C=O) groups is 1. The van der Waals surface area contributed by atoms with Crippen LogP contribution >= 0.6 is 12.2 Å². The third-order valence-electron chi connectivity index (χ3n) is 3.96. The number of benzene rings is 2. The Bertz CT molecular complexity index is 1030. The summed E-state index contributed by atoms with van der Waals surface area (Å²) in [6.07, 6.45) is 4.62. The summed E-state index contributed by atoms with van der Waals surface area (Å²) in [4.78, 5) is 16.1. The van der Waals surface area contributed by atoms with Crippen LogP contribution < -0.4 is 20.2 Å². The number of methoxy groups -OCH3 is 1. The predicted octanol–water partition coefficient (Wildman–Crippen LogP) is 3.31. The molecule has 2 aromatic carbocycles. The van der Waals surface area contributed by atoms with E-state index in [1.54, 1.807) is 42.7 Å². The number of carbonyl (C=O) groups excluding carboxylic acids is 1. The number of nitrogens with one attached hydrogen (secondary N) is 2. The summed E-state index contributed by atoms with van der Waals surface area (Å²) in [7, 11) is 1.50. The first-order chi connectivity index (χ1) is 14.7. The van der Waals surface area contributed by atoms with Crippen LogP contribution in [-0.2, 0) is 6.54 Å². The minimum Gasteiger partial charge on any atom is -0.493 e. The van der Waals surface area contributed by atoms with E-state index in [0.29, 0.717) is 28.7 Å². The van der Waals surface area contributed by atoms with Crippen LogP contribution in [0, 0.1) is 0 Å². The molecule has 2 N–H and O–H groups in total. The number of hydrazone groups is 1. The largest absolute Gasteiger partial charge is 0.493 e. The Morgan fingerprint density at radius 2 is 1.97 bits per heavy atom. The van der Waals surface area contributed by atoms with Crippen molar-refractivity contribution in [3.8, 4) is 11.5 Å². The second-order valence-corrected chi connectivity index (χ2v) is 6.49. The first kappa shape index (κ1) is 20.9. The van der Waals surface area contributed by atoms with Crippen LogP contribution in [0.15, 0.2) is 78.2 Å². The van der Waals surface area contributed by atoms with Gasteiger partial charge in [-0.1, -0.05) is 30.3 Å². The van der Waals surface area contributed by atoms with Crippen LogP contribution in [0.25, 0.3) is 0 Å². The summed E-state index contributed by atoms with van der Waals surface area (Å²) < 4.78 is 10.7. The Hall–Kier alpha value is -3.78. The molecule has 1 heterocycles.